The number of hydrazone groups is 1. The fraction of sp³-hybridized carbons (Fsp3) is 0.125. The molecule has 0 aliphatic rings. The Labute approximate surface area is 237 Å². The third-order valence-electron chi connectivity index (χ3n) is 5.82. The van der Waals surface area contributed by atoms with E-state index in [1.54, 1.807) is 66.7 Å². The van der Waals surface area contributed by atoms with Crippen LogP contribution >= 0.6 is 11.3 Å². The molecule has 0 aliphatic carbocycles. The van der Waals surface area contributed by atoms with Crippen molar-refractivity contribution in [1.29, 1.82) is 0 Å². The van der Waals surface area contributed by atoms with E-state index in [0.29, 0.717) is 22.4 Å². The van der Waals surface area contributed by atoms with Crippen molar-refractivity contribution >= 4 is 41.4 Å². The van der Waals surface area contributed by atoms with Crippen LogP contribution < -0.4 is 15.5 Å². The molecule has 0 saturated heterocycles. The summed E-state index contributed by atoms with van der Waals surface area (Å²) in [6.07, 6.45) is 3.05. The smallest absolute Gasteiger partial charge is 0.343 e. The van der Waals surface area contributed by atoms with Crippen molar-refractivity contribution in [3.8, 4) is 5.75 Å². The number of ether oxygens (including phenoxy) is 1. The van der Waals surface area contributed by atoms with Crippen molar-refractivity contribution in [3.05, 3.63) is 129 Å². The molecule has 8 heteroatoms. The van der Waals surface area contributed by atoms with E-state index in [4.69, 9.17) is 4.74 Å². The first-order valence-corrected chi connectivity index (χ1v) is 13.4. The van der Waals surface area contributed by atoms with Gasteiger partial charge in [0.15, 0.2) is 0 Å². The Bertz CT molecular complexity index is 1520. The van der Waals surface area contributed by atoms with Crippen LogP contribution in [0.5, 0.6) is 5.75 Å². The fourth-order valence-electron chi connectivity index (χ4n) is 3.58. The summed E-state index contributed by atoms with van der Waals surface area (Å²) in [5.74, 6) is -1.04. The van der Waals surface area contributed by atoms with Crippen molar-refractivity contribution in [2.75, 3.05) is 0 Å². The van der Waals surface area contributed by atoms with Crippen LogP contribution in [0.25, 0.3) is 6.08 Å². The van der Waals surface area contributed by atoms with E-state index >= 15 is 0 Å². The number of carbonyl (C=O) groups is 3. The second kappa shape index (κ2) is 12.8. The summed E-state index contributed by atoms with van der Waals surface area (Å²) in [6, 6.07) is 26.4. The number of esters is 1. The van der Waals surface area contributed by atoms with Crippen molar-refractivity contribution < 1.29 is 19.1 Å². The monoisotopic (exact) mass is 551 g/mol. The highest BCUT2D eigenvalue weighted by atomic mass is 32.1. The Morgan fingerprint density at radius 1 is 0.825 bits per heavy atom. The summed E-state index contributed by atoms with van der Waals surface area (Å²) in [5.41, 5.74) is 5.21. The minimum Gasteiger partial charge on any atom is -0.423 e. The Hall–Kier alpha value is -4.82. The second-order valence-corrected chi connectivity index (χ2v) is 10.9. The first kappa shape index (κ1) is 28.2. The van der Waals surface area contributed by atoms with Crippen LogP contribution in [0.3, 0.4) is 0 Å². The predicted molar refractivity (Wildman–Crippen MR) is 158 cm³/mol. The molecule has 40 heavy (non-hydrogen) atoms. The van der Waals surface area contributed by atoms with Crippen molar-refractivity contribution in [1.82, 2.24) is 10.7 Å². The molecule has 1 aromatic heterocycles. The van der Waals surface area contributed by atoms with Gasteiger partial charge in [0.2, 0.25) is 0 Å². The van der Waals surface area contributed by atoms with E-state index in [1.165, 1.54) is 17.6 Å². The van der Waals surface area contributed by atoms with E-state index in [-0.39, 0.29) is 11.1 Å². The third kappa shape index (κ3) is 7.85. The van der Waals surface area contributed by atoms with E-state index in [1.807, 2.05) is 35.7 Å². The zero-order valence-electron chi connectivity index (χ0n) is 22.4. The maximum Gasteiger partial charge on any atom is 0.343 e. The second-order valence-electron chi connectivity index (χ2n) is 9.88. The molecule has 4 rings (SSSR count). The van der Waals surface area contributed by atoms with E-state index < -0.39 is 17.8 Å². The molecule has 2 N–H and O–H groups in total. The quantitative estimate of drug-likeness (QED) is 0.0898. The van der Waals surface area contributed by atoms with Crippen molar-refractivity contribution in [3.63, 3.8) is 0 Å². The minimum absolute atomic E-state index is 0.00266. The number of amides is 2. The minimum atomic E-state index is -0.572. The van der Waals surface area contributed by atoms with Crippen LogP contribution in [0, 0.1) is 0 Å². The van der Waals surface area contributed by atoms with Crippen molar-refractivity contribution in [2.45, 2.75) is 26.2 Å². The Morgan fingerprint density at radius 2 is 1.52 bits per heavy atom. The SMILES string of the molecule is CC(C)(C)c1ccc(C(=O)Oc2ccc(/C=N\NC(=O)/C(=C\c3cccs3)NC(=O)c3ccccc3)cc2)cc1. The van der Waals surface area contributed by atoms with Gasteiger partial charge in [-0.15, -0.1) is 11.3 Å². The molecular weight excluding hydrogens is 522 g/mol. The van der Waals surface area contributed by atoms with Gasteiger partial charge in [-0.05, 0) is 82.6 Å². The van der Waals surface area contributed by atoms with E-state index in [2.05, 4.69) is 36.6 Å². The maximum atomic E-state index is 12.9. The van der Waals surface area contributed by atoms with Crippen LogP contribution in [0.15, 0.2) is 107 Å². The molecule has 7 nitrogen and oxygen atoms in total. The molecule has 0 fully saturated rings. The molecule has 4 aromatic rings. The topological polar surface area (TPSA) is 96.9 Å². The molecule has 0 saturated carbocycles. The normalized spacial score (nSPS) is 11.7. The highest BCUT2D eigenvalue weighted by Crippen LogP contribution is 2.23. The van der Waals surface area contributed by atoms with Gasteiger partial charge in [0, 0.05) is 10.4 Å². The molecule has 0 atom stereocenters. The van der Waals surface area contributed by atoms with Crippen LogP contribution in [0.4, 0.5) is 0 Å². The number of carbonyl (C=O) groups excluding carboxylic acids is 3. The summed E-state index contributed by atoms with van der Waals surface area (Å²) in [6.45, 7) is 6.34. The first-order valence-electron chi connectivity index (χ1n) is 12.6. The van der Waals surface area contributed by atoms with Crippen LogP contribution in [0.2, 0.25) is 0 Å². The number of nitrogens with one attached hydrogen (secondary N) is 2. The van der Waals surface area contributed by atoms with Gasteiger partial charge in [-0.25, -0.2) is 10.2 Å². The maximum absolute atomic E-state index is 12.9. The lowest BCUT2D eigenvalue weighted by Gasteiger charge is -2.18. The molecule has 0 spiro atoms. The van der Waals surface area contributed by atoms with Crippen LogP contribution in [-0.2, 0) is 10.2 Å². The number of hydrogen-bond acceptors (Lipinski definition) is 6. The van der Waals surface area contributed by atoms with E-state index in [0.717, 1.165) is 10.4 Å². The van der Waals surface area contributed by atoms with Gasteiger partial charge in [-0.2, -0.15) is 5.10 Å². The Morgan fingerprint density at radius 3 is 2.15 bits per heavy atom. The summed E-state index contributed by atoms with van der Waals surface area (Å²) < 4.78 is 5.48. The third-order valence-corrected chi connectivity index (χ3v) is 6.63. The lowest BCUT2D eigenvalue weighted by atomic mass is 9.87. The molecule has 0 radical (unpaired) electrons. The standard InChI is InChI=1S/C32H29N3O4S/c1-32(2,3)25-15-13-24(14-16-25)31(38)39-26-17-11-22(12-18-26)21-33-35-30(37)28(20-27-10-7-19-40-27)34-29(36)23-8-5-4-6-9-23/h4-21H,1-3H3,(H,34,36)(H,35,37)/b28-20+,33-21-. The van der Waals surface area contributed by atoms with Gasteiger partial charge in [0.05, 0.1) is 11.8 Å². The fourth-order valence-corrected chi connectivity index (χ4v) is 4.24. The number of benzene rings is 3. The molecular formula is C32H29N3O4S. The number of nitrogens with zero attached hydrogens (tertiary/aromatic N) is 1. The average Bonchev–Trinajstić information content (AvgIpc) is 3.47. The lowest BCUT2D eigenvalue weighted by Crippen LogP contribution is -2.32. The lowest BCUT2D eigenvalue weighted by molar-refractivity contribution is -0.117. The zero-order chi connectivity index (χ0) is 28.5. The van der Waals surface area contributed by atoms with Crippen LogP contribution in [0.1, 0.15) is 57.5 Å². The van der Waals surface area contributed by atoms with Gasteiger partial charge >= 0.3 is 5.97 Å². The molecule has 1 heterocycles. The van der Waals surface area contributed by atoms with Gasteiger partial charge < -0.3 is 10.1 Å². The summed E-state index contributed by atoms with van der Waals surface area (Å²) in [7, 11) is 0. The van der Waals surface area contributed by atoms with E-state index in [9.17, 15) is 14.4 Å². The molecule has 2 amide bonds. The first-order chi connectivity index (χ1) is 19.2. The Balaban J connectivity index is 1.36. The molecule has 202 valence electrons. The zero-order valence-corrected chi connectivity index (χ0v) is 23.2. The summed E-state index contributed by atoms with van der Waals surface area (Å²) >= 11 is 1.44. The molecule has 0 aliphatic heterocycles. The van der Waals surface area contributed by atoms with Crippen LogP contribution in [-0.4, -0.2) is 24.0 Å². The highest BCUT2D eigenvalue weighted by molar-refractivity contribution is 7.10. The Kier molecular flexibility index (Phi) is 9.04. The number of thiophene rings is 1. The largest absolute Gasteiger partial charge is 0.423 e. The number of hydrogen-bond donors (Lipinski definition) is 2. The van der Waals surface area contributed by atoms with Gasteiger partial charge in [0.25, 0.3) is 11.8 Å². The number of rotatable bonds is 8. The predicted octanol–water partition coefficient (Wildman–Crippen LogP) is 6.19. The molecule has 0 bridgehead atoms. The molecule has 3 aromatic carbocycles. The molecule has 0 unspecified atom stereocenters. The van der Waals surface area contributed by atoms with Gasteiger partial charge in [0.1, 0.15) is 11.4 Å². The summed E-state index contributed by atoms with van der Waals surface area (Å²) in [5, 5.41) is 8.56. The van der Waals surface area contributed by atoms with Gasteiger partial charge in [-0.3, -0.25) is 9.59 Å². The van der Waals surface area contributed by atoms with Gasteiger partial charge in [-0.1, -0.05) is 57.2 Å². The summed E-state index contributed by atoms with van der Waals surface area (Å²) in [4.78, 5) is 38.8. The van der Waals surface area contributed by atoms with Crippen molar-refractivity contribution in [2.24, 2.45) is 5.10 Å². The average molecular weight is 552 g/mol. The highest BCUT2D eigenvalue weighted by Gasteiger charge is 2.16.